The van der Waals surface area contributed by atoms with E-state index in [4.69, 9.17) is 15.2 Å². The first kappa shape index (κ1) is 19.8. The third-order valence-corrected chi connectivity index (χ3v) is 4.29. The second-order valence-electron chi connectivity index (χ2n) is 5.33. The maximum Gasteiger partial charge on any atom is 0.302 e. The van der Waals surface area contributed by atoms with Gasteiger partial charge in [-0.3, -0.25) is 4.79 Å². The van der Waals surface area contributed by atoms with Crippen molar-refractivity contribution in [1.29, 1.82) is 0 Å². The highest BCUT2D eigenvalue weighted by Crippen LogP contribution is 2.27. The molecule has 0 atom stereocenters. The molecule has 0 bridgehead atoms. The van der Waals surface area contributed by atoms with Gasteiger partial charge in [0.15, 0.2) is 5.82 Å². The monoisotopic (exact) mass is 373 g/mol. The van der Waals surface area contributed by atoms with Crippen molar-refractivity contribution < 1.29 is 14.3 Å². The highest BCUT2D eigenvalue weighted by molar-refractivity contribution is 7.17. The second kappa shape index (κ2) is 9.84. The van der Waals surface area contributed by atoms with E-state index < -0.39 is 0 Å². The quantitative estimate of drug-likeness (QED) is 0.679. The van der Waals surface area contributed by atoms with E-state index >= 15 is 0 Å². The Hall–Kier alpha value is -2.51. The van der Waals surface area contributed by atoms with Crippen molar-refractivity contribution in [2.45, 2.75) is 27.4 Å². The second-order valence-corrected chi connectivity index (χ2v) is 6.25. The molecule has 0 unspecified atom stereocenters. The van der Waals surface area contributed by atoms with E-state index in [0.717, 1.165) is 34.6 Å². The number of ether oxygens (including phenoxy) is 2. The Morgan fingerprint density at radius 1 is 1.19 bits per heavy atom. The fourth-order valence-corrected chi connectivity index (χ4v) is 2.94. The number of carbonyl (C=O) groups excluding carboxylic acids is 1. The predicted octanol–water partition coefficient (Wildman–Crippen LogP) is 4.05. The van der Waals surface area contributed by atoms with Crippen LogP contribution in [0.3, 0.4) is 0 Å². The largest absolute Gasteiger partial charge is 0.461 e. The molecule has 0 fully saturated rings. The molecule has 0 aliphatic heterocycles. The van der Waals surface area contributed by atoms with E-state index in [1.807, 2.05) is 49.6 Å². The van der Waals surface area contributed by atoms with Crippen molar-refractivity contribution in [2.24, 2.45) is 0 Å². The van der Waals surface area contributed by atoms with Gasteiger partial charge in [0.2, 0.25) is 0 Å². The molecule has 26 heavy (non-hydrogen) atoms. The highest BCUT2D eigenvalue weighted by Gasteiger charge is 2.09. The lowest BCUT2D eigenvalue weighted by atomic mass is 10.1. The number of aromatic nitrogens is 2. The molecule has 2 aromatic heterocycles. The molecule has 1 aromatic carbocycles. The molecule has 2 heterocycles. The molecule has 0 aliphatic carbocycles. The van der Waals surface area contributed by atoms with Crippen LogP contribution in [0.5, 0.6) is 0 Å². The Kier molecular flexibility index (Phi) is 7.50. The van der Waals surface area contributed by atoms with Crippen LogP contribution in [-0.2, 0) is 20.9 Å². The first-order valence-corrected chi connectivity index (χ1v) is 9.24. The van der Waals surface area contributed by atoms with Crippen LogP contribution in [0.4, 0.5) is 5.82 Å². The summed E-state index contributed by atoms with van der Waals surface area (Å²) in [6.07, 6.45) is 0. The molecule has 3 aromatic rings. The summed E-state index contributed by atoms with van der Waals surface area (Å²) in [6, 6.07) is 9.49. The fourth-order valence-electron chi connectivity index (χ4n) is 2.20. The van der Waals surface area contributed by atoms with Crippen molar-refractivity contribution in [2.75, 3.05) is 18.9 Å². The van der Waals surface area contributed by atoms with Gasteiger partial charge in [-0.2, -0.15) is 0 Å². The minimum Gasteiger partial charge on any atom is -0.461 e. The first-order valence-electron chi connectivity index (χ1n) is 8.36. The van der Waals surface area contributed by atoms with Crippen LogP contribution in [0, 0.1) is 0 Å². The van der Waals surface area contributed by atoms with Crippen LogP contribution >= 0.6 is 11.3 Å². The standard InChI is InChI=1S/C15H13N3O2S.C4H10O/c1-9(19)20-8-10-3-2-4-11(7-10)15-17-12-5-6-21-13(12)14(16)18-15;1-3-5-4-2/h2-7H,8H2,1H3,(H2,16,17,18);3-4H2,1-2H3. The van der Waals surface area contributed by atoms with Gasteiger partial charge in [-0.1, -0.05) is 18.2 Å². The number of benzene rings is 1. The van der Waals surface area contributed by atoms with Crippen LogP contribution in [0.2, 0.25) is 0 Å². The van der Waals surface area contributed by atoms with E-state index in [1.165, 1.54) is 18.3 Å². The third-order valence-electron chi connectivity index (χ3n) is 3.37. The molecule has 6 nitrogen and oxygen atoms in total. The minimum atomic E-state index is -0.305. The van der Waals surface area contributed by atoms with Crippen LogP contribution in [0.15, 0.2) is 35.7 Å². The average Bonchev–Trinajstić information content (AvgIpc) is 3.11. The Balaban J connectivity index is 0.000000431. The zero-order valence-corrected chi connectivity index (χ0v) is 16.0. The molecular weight excluding hydrogens is 350 g/mol. The van der Waals surface area contributed by atoms with Crippen LogP contribution < -0.4 is 5.73 Å². The maximum absolute atomic E-state index is 10.9. The highest BCUT2D eigenvalue weighted by atomic mass is 32.1. The van der Waals surface area contributed by atoms with E-state index in [2.05, 4.69) is 9.97 Å². The first-order chi connectivity index (χ1) is 12.5. The van der Waals surface area contributed by atoms with Gasteiger partial charge in [-0.25, -0.2) is 9.97 Å². The number of hydrogen-bond donors (Lipinski definition) is 1. The number of rotatable bonds is 5. The molecule has 0 radical (unpaired) electrons. The molecule has 7 heteroatoms. The normalized spacial score (nSPS) is 10.3. The lowest BCUT2D eigenvalue weighted by molar-refractivity contribution is -0.142. The smallest absolute Gasteiger partial charge is 0.302 e. The number of anilines is 1. The zero-order valence-electron chi connectivity index (χ0n) is 15.2. The number of hydrogen-bond acceptors (Lipinski definition) is 7. The lowest BCUT2D eigenvalue weighted by Gasteiger charge is -2.06. The molecule has 138 valence electrons. The summed E-state index contributed by atoms with van der Waals surface area (Å²) in [4.78, 5) is 19.7. The Bertz CT molecular complexity index is 862. The molecule has 3 rings (SSSR count). The predicted molar refractivity (Wildman–Crippen MR) is 105 cm³/mol. The van der Waals surface area contributed by atoms with Crippen LogP contribution in [0.25, 0.3) is 21.6 Å². The van der Waals surface area contributed by atoms with Crippen LogP contribution in [0.1, 0.15) is 26.3 Å². The summed E-state index contributed by atoms with van der Waals surface area (Å²) < 4.78 is 10.7. The summed E-state index contributed by atoms with van der Waals surface area (Å²) >= 11 is 1.52. The van der Waals surface area contributed by atoms with Gasteiger partial charge in [-0.15, -0.1) is 11.3 Å². The summed E-state index contributed by atoms with van der Waals surface area (Å²) in [7, 11) is 0. The lowest BCUT2D eigenvalue weighted by Crippen LogP contribution is -2.00. The maximum atomic E-state index is 10.9. The molecule has 0 aliphatic rings. The number of thiophene rings is 1. The van der Waals surface area contributed by atoms with Crippen LogP contribution in [-0.4, -0.2) is 29.2 Å². The van der Waals surface area contributed by atoms with E-state index in [-0.39, 0.29) is 12.6 Å². The van der Waals surface area contributed by atoms with Crippen molar-refractivity contribution in [3.05, 3.63) is 41.3 Å². The van der Waals surface area contributed by atoms with Gasteiger partial charge in [-0.05, 0) is 36.9 Å². The van der Waals surface area contributed by atoms with Crippen molar-refractivity contribution in [1.82, 2.24) is 9.97 Å². The average molecular weight is 373 g/mol. The van der Waals surface area contributed by atoms with Crippen molar-refractivity contribution >= 4 is 33.3 Å². The molecule has 0 saturated carbocycles. The Morgan fingerprint density at radius 3 is 2.62 bits per heavy atom. The zero-order chi connectivity index (χ0) is 18.9. The summed E-state index contributed by atoms with van der Waals surface area (Å²) in [5.74, 6) is 0.749. The summed E-state index contributed by atoms with van der Waals surface area (Å²) in [6.45, 7) is 7.29. The van der Waals surface area contributed by atoms with Crippen molar-refractivity contribution in [3.63, 3.8) is 0 Å². The van der Waals surface area contributed by atoms with Crippen molar-refractivity contribution in [3.8, 4) is 11.4 Å². The Labute approximate surface area is 157 Å². The van der Waals surface area contributed by atoms with Gasteiger partial charge in [0.1, 0.15) is 12.4 Å². The molecule has 0 spiro atoms. The summed E-state index contributed by atoms with van der Waals surface area (Å²) in [5.41, 5.74) is 8.54. The molecule has 0 amide bonds. The van der Waals surface area contributed by atoms with E-state index in [1.54, 1.807) is 0 Å². The summed E-state index contributed by atoms with van der Waals surface area (Å²) in [5, 5.41) is 1.94. The number of nitrogen functional groups attached to an aromatic ring is 1. The number of nitrogens with two attached hydrogens (primary N) is 1. The number of fused-ring (bicyclic) bond motifs is 1. The number of esters is 1. The molecule has 0 saturated heterocycles. The van der Waals surface area contributed by atoms with E-state index in [9.17, 15) is 4.79 Å². The van der Waals surface area contributed by atoms with Gasteiger partial charge in [0.05, 0.1) is 10.2 Å². The van der Waals surface area contributed by atoms with Gasteiger partial charge in [0.25, 0.3) is 0 Å². The number of nitrogens with zero attached hydrogens (tertiary/aromatic N) is 2. The van der Waals surface area contributed by atoms with Gasteiger partial charge in [0, 0.05) is 25.7 Å². The fraction of sp³-hybridized carbons (Fsp3) is 0.316. The topological polar surface area (TPSA) is 87.3 Å². The molecule has 2 N–H and O–H groups in total. The molecular formula is C19H23N3O3S. The van der Waals surface area contributed by atoms with Gasteiger partial charge < -0.3 is 15.2 Å². The number of carbonyl (C=O) groups is 1. The van der Waals surface area contributed by atoms with Gasteiger partial charge >= 0.3 is 5.97 Å². The van der Waals surface area contributed by atoms with E-state index in [0.29, 0.717) is 11.6 Å². The third kappa shape index (κ3) is 5.50. The Morgan fingerprint density at radius 2 is 1.96 bits per heavy atom. The SMILES string of the molecule is CC(=O)OCc1cccc(-c2nc(N)c3sccc3n2)c1.CCOCC. The minimum absolute atomic E-state index is 0.235.